The fourth-order valence-corrected chi connectivity index (χ4v) is 1.53. The van der Waals surface area contributed by atoms with Crippen LogP contribution in [0.25, 0.3) is 0 Å². The highest BCUT2D eigenvalue weighted by atomic mass is 32.2. The number of hydrogen-bond acceptors (Lipinski definition) is 3. The van der Waals surface area contributed by atoms with Crippen molar-refractivity contribution in [1.29, 1.82) is 0 Å². The predicted octanol–water partition coefficient (Wildman–Crippen LogP) is 3.33. The van der Waals surface area contributed by atoms with Crippen LogP contribution in [0.15, 0.2) is 18.2 Å². The van der Waals surface area contributed by atoms with Gasteiger partial charge in [-0.2, -0.15) is 13.2 Å². The van der Waals surface area contributed by atoms with Crippen LogP contribution in [0.2, 0.25) is 0 Å². The van der Waals surface area contributed by atoms with Crippen molar-refractivity contribution in [1.82, 2.24) is 0 Å². The highest BCUT2D eigenvalue weighted by molar-refractivity contribution is 8.00. The van der Waals surface area contributed by atoms with Gasteiger partial charge in [0.2, 0.25) is 0 Å². The molecule has 0 aliphatic carbocycles. The summed E-state index contributed by atoms with van der Waals surface area (Å²) in [6, 6.07) is 4.56. The van der Waals surface area contributed by atoms with E-state index in [1.165, 1.54) is 12.1 Å². The summed E-state index contributed by atoms with van der Waals surface area (Å²) in [5, 5.41) is 9.21. The summed E-state index contributed by atoms with van der Waals surface area (Å²) in [5.74, 6) is 0.247. The number of phenols is 1. The number of thioether (sulfide) groups is 1. The molecule has 1 aromatic carbocycles. The number of aryl methyl sites for hydroxylation is 1. The van der Waals surface area contributed by atoms with E-state index in [9.17, 15) is 18.3 Å². The zero-order chi connectivity index (χ0) is 12.2. The second kappa shape index (κ2) is 5.34. The molecule has 0 saturated carbocycles. The second-order valence-electron chi connectivity index (χ2n) is 3.15. The van der Waals surface area contributed by atoms with Crippen LogP contribution in [0.1, 0.15) is 5.56 Å². The summed E-state index contributed by atoms with van der Waals surface area (Å²) in [4.78, 5) is 0. The topological polar surface area (TPSA) is 29.5 Å². The first-order chi connectivity index (χ1) is 7.37. The number of benzene rings is 1. The molecule has 1 N–H and O–H groups in total. The van der Waals surface area contributed by atoms with Gasteiger partial charge in [0.25, 0.3) is 0 Å². The van der Waals surface area contributed by atoms with Gasteiger partial charge in [0.05, 0.1) is 6.61 Å². The molecule has 0 atom stereocenters. The van der Waals surface area contributed by atoms with Crippen LogP contribution in [0.3, 0.4) is 0 Å². The van der Waals surface area contributed by atoms with Crippen LogP contribution < -0.4 is 4.74 Å². The lowest BCUT2D eigenvalue weighted by molar-refractivity contribution is -0.0329. The van der Waals surface area contributed by atoms with E-state index in [1.54, 1.807) is 13.0 Å². The lowest BCUT2D eigenvalue weighted by Crippen LogP contribution is -2.07. The minimum atomic E-state index is -4.22. The van der Waals surface area contributed by atoms with Gasteiger partial charge < -0.3 is 9.84 Å². The fourth-order valence-electron chi connectivity index (χ4n) is 1.13. The van der Waals surface area contributed by atoms with Gasteiger partial charge in [0.15, 0.2) is 0 Å². The minimum Gasteiger partial charge on any atom is -0.508 e. The predicted molar refractivity (Wildman–Crippen MR) is 56.9 cm³/mol. The summed E-state index contributed by atoms with van der Waals surface area (Å²) in [7, 11) is 0. The summed E-state index contributed by atoms with van der Waals surface area (Å²) in [6.45, 7) is 1.71. The molecule has 0 bridgehead atoms. The molecule has 1 aromatic rings. The van der Waals surface area contributed by atoms with Crippen LogP contribution >= 0.6 is 11.8 Å². The first-order valence-corrected chi connectivity index (χ1v) is 5.49. The van der Waals surface area contributed by atoms with Gasteiger partial charge in [-0.3, -0.25) is 0 Å². The SMILES string of the molecule is Cc1cc(O)cc(OCCSC(F)(F)F)c1. The average molecular weight is 252 g/mol. The zero-order valence-electron chi connectivity index (χ0n) is 8.54. The van der Waals surface area contributed by atoms with Gasteiger partial charge in [-0.15, -0.1) is 0 Å². The zero-order valence-corrected chi connectivity index (χ0v) is 9.36. The average Bonchev–Trinajstić information content (AvgIpc) is 2.09. The van der Waals surface area contributed by atoms with Crippen LogP contribution in [-0.4, -0.2) is 23.0 Å². The van der Waals surface area contributed by atoms with Crippen LogP contribution in [0.4, 0.5) is 13.2 Å². The van der Waals surface area contributed by atoms with Crippen molar-refractivity contribution in [3.8, 4) is 11.5 Å². The molecule has 0 aliphatic heterocycles. The molecular weight excluding hydrogens is 241 g/mol. The smallest absolute Gasteiger partial charge is 0.441 e. The van der Waals surface area contributed by atoms with Gasteiger partial charge in [0, 0.05) is 11.8 Å². The number of phenolic OH excluding ortho intramolecular Hbond substituents is 1. The van der Waals surface area contributed by atoms with Crippen molar-refractivity contribution in [2.75, 3.05) is 12.4 Å². The van der Waals surface area contributed by atoms with E-state index in [1.807, 2.05) is 0 Å². The monoisotopic (exact) mass is 252 g/mol. The first kappa shape index (κ1) is 13.0. The van der Waals surface area contributed by atoms with Crippen molar-refractivity contribution < 1.29 is 23.0 Å². The molecule has 0 fully saturated rings. The largest absolute Gasteiger partial charge is 0.508 e. The molecule has 0 heterocycles. The summed E-state index contributed by atoms with van der Waals surface area (Å²) in [6.07, 6.45) is 0. The molecule has 0 aromatic heterocycles. The molecule has 0 saturated heterocycles. The molecule has 0 aliphatic rings. The molecule has 2 nitrogen and oxygen atoms in total. The third-order valence-corrected chi connectivity index (χ3v) is 2.35. The Labute approximate surface area is 95.4 Å². The van der Waals surface area contributed by atoms with Crippen molar-refractivity contribution in [3.05, 3.63) is 23.8 Å². The van der Waals surface area contributed by atoms with Crippen molar-refractivity contribution >= 4 is 11.8 Å². The van der Waals surface area contributed by atoms with E-state index >= 15 is 0 Å². The first-order valence-electron chi connectivity index (χ1n) is 4.51. The standard InChI is InChI=1S/C10H11F3O2S/c1-7-4-8(14)6-9(5-7)15-2-3-16-10(11,12)13/h4-6,14H,2-3H2,1H3. The molecule has 0 unspecified atom stereocenters. The molecule has 0 spiro atoms. The van der Waals surface area contributed by atoms with Crippen LogP contribution in [0, 0.1) is 6.92 Å². The Morgan fingerprint density at radius 3 is 2.56 bits per heavy atom. The Morgan fingerprint density at radius 2 is 2.00 bits per heavy atom. The van der Waals surface area contributed by atoms with Gasteiger partial charge in [-0.05, 0) is 36.4 Å². The van der Waals surface area contributed by atoms with Gasteiger partial charge in [0.1, 0.15) is 11.5 Å². The number of halogens is 3. The maximum absolute atomic E-state index is 11.8. The number of alkyl halides is 3. The second-order valence-corrected chi connectivity index (χ2v) is 4.31. The third kappa shape index (κ3) is 5.16. The third-order valence-electron chi connectivity index (χ3n) is 1.65. The lowest BCUT2D eigenvalue weighted by Gasteiger charge is -2.08. The normalized spacial score (nSPS) is 11.5. The maximum atomic E-state index is 11.8. The fraction of sp³-hybridized carbons (Fsp3) is 0.400. The summed E-state index contributed by atoms with van der Waals surface area (Å²) < 4.78 is 40.4. The maximum Gasteiger partial charge on any atom is 0.441 e. The van der Waals surface area contributed by atoms with E-state index in [0.717, 1.165) is 5.56 Å². The van der Waals surface area contributed by atoms with Gasteiger partial charge in [-0.1, -0.05) is 0 Å². The van der Waals surface area contributed by atoms with E-state index in [2.05, 4.69) is 0 Å². The number of ether oxygens (including phenoxy) is 1. The van der Waals surface area contributed by atoms with Gasteiger partial charge >= 0.3 is 5.51 Å². The summed E-state index contributed by atoms with van der Waals surface area (Å²) >= 11 is -0.126. The molecule has 0 radical (unpaired) electrons. The lowest BCUT2D eigenvalue weighted by atomic mass is 10.2. The quantitative estimate of drug-likeness (QED) is 0.833. The Kier molecular flexibility index (Phi) is 4.35. The van der Waals surface area contributed by atoms with Crippen molar-refractivity contribution in [2.45, 2.75) is 12.4 Å². The molecule has 6 heteroatoms. The number of rotatable bonds is 4. The van der Waals surface area contributed by atoms with E-state index < -0.39 is 5.51 Å². The number of aromatic hydroxyl groups is 1. The van der Waals surface area contributed by atoms with E-state index in [-0.39, 0.29) is 29.9 Å². The van der Waals surface area contributed by atoms with Crippen LogP contribution in [0.5, 0.6) is 11.5 Å². The molecular formula is C10H11F3O2S. The number of hydrogen-bond donors (Lipinski definition) is 1. The van der Waals surface area contributed by atoms with Gasteiger partial charge in [-0.25, -0.2) is 0 Å². The highest BCUT2D eigenvalue weighted by Crippen LogP contribution is 2.30. The molecule has 90 valence electrons. The molecule has 1 rings (SSSR count). The van der Waals surface area contributed by atoms with Crippen molar-refractivity contribution in [2.24, 2.45) is 0 Å². The summed E-state index contributed by atoms with van der Waals surface area (Å²) in [5.41, 5.74) is -3.43. The highest BCUT2D eigenvalue weighted by Gasteiger charge is 2.27. The Morgan fingerprint density at radius 1 is 1.31 bits per heavy atom. The Hall–Kier alpha value is -1.04. The van der Waals surface area contributed by atoms with Crippen molar-refractivity contribution in [3.63, 3.8) is 0 Å². The minimum absolute atomic E-state index is 0.0403. The Balaban J connectivity index is 2.37. The van der Waals surface area contributed by atoms with E-state index in [4.69, 9.17) is 4.74 Å². The Bertz CT molecular complexity index is 332. The molecule has 0 amide bonds. The van der Waals surface area contributed by atoms with E-state index in [0.29, 0.717) is 5.75 Å². The van der Waals surface area contributed by atoms with Crippen LogP contribution in [-0.2, 0) is 0 Å². The molecule has 16 heavy (non-hydrogen) atoms.